The molecule has 0 aromatic heterocycles. The lowest BCUT2D eigenvalue weighted by molar-refractivity contribution is -0.278. The zero-order valence-electron chi connectivity index (χ0n) is 5.85. The number of nitrogens with zero attached hydrogens (tertiary/aromatic N) is 1. The van der Waals surface area contributed by atoms with Gasteiger partial charge in [-0.15, -0.1) is 0 Å². The van der Waals surface area contributed by atoms with E-state index in [9.17, 15) is 39.5 Å². The van der Waals surface area contributed by atoms with Gasteiger partial charge < -0.3 is 0 Å². The molecular weight excluding hydrogens is 233 g/mol. The standard InChI is InChI=1S/C4F9N/c5-1(2(6,7)8)14-4(12,13)3(9,10)11. The van der Waals surface area contributed by atoms with Crippen molar-refractivity contribution in [1.82, 2.24) is 0 Å². The Balaban J connectivity index is 5.00. The number of alkyl halides is 8. The van der Waals surface area contributed by atoms with Crippen molar-refractivity contribution in [3.8, 4) is 0 Å². The van der Waals surface area contributed by atoms with Crippen LogP contribution in [0.1, 0.15) is 0 Å². The summed E-state index contributed by atoms with van der Waals surface area (Å²) < 4.78 is 102. The molecule has 0 rings (SSSR count). The molecular formula is C4F9N. The molecule has 0 aliphatic rings. The second-order valence-corrected chi connectivity index (χ2v) is 1.94. The van der Waals surface area contributed by atoms with Crippen LogP contribution in [0.5, 0.6) is 0 Å². The summed E-state index contributed by atoms with van der Waals surface area (Å²) >= 11 is 0. The lowest BCUT2D eigenvalue weighted by atomic mass is 10.5. The molecule has 14 heavy (non-hydrogen) atoms. The van der Waals surface area contributed by atoms with Crippen molar-refractivity contribution in [3.63, 3.8) is 0 Å². The van der Waals surface area contributed by atoms with Gasteiger partial charge in [-0.05, 0) is 0 Å². The van der Waals surface area contributed by atoms with Crippen LogP contribution in [0, 0.1) is 0 Å². The SMILES string of the molecule is FC(=NC(F)(F)C(F)(F)F)C(F)(F)F. The summed E-state index contributed by atoms with van der Waals surface area (Å²) in [4.78, 5) is 0.618. The molecule has 0 saturated heterocycles. The fourth-order valence-electron chi connectivity index (χ4n) is 0.250. The largest absolute Gasteiger partial charge is 0.477 e. The Kier molecular flexibility index (Phi) is 3.09. The highest BCUT2D eigenvalue weighted by Crippen LogP contribution is 2.37. The Morgan fingerprint density at radius 1 is 0.786 bits per heavy atom. The first-order chi connectivity index (χ1) is 5.88. The van der Waals surface area contributed by atoms with Crippen LogP contribution in [-0.2, 0) is 0 Å². The monoisotopic (exact) mass is 233 g/mol. The molecule has 0 spiro atoms. The van der Waals surface area contributed by atoms with E-state index in [1.807, 2.05) is 0 Å². The third-order valence-electron chi connectivity index (χ3n) is 0.814. The molecule has 84 valence electrons. The van der Waals surface area contributed by atoms with Gasteiger partial charge in [-0.2, -0.15) is 44.5 Å². The van der Waals surface area contributed by atoms with E-state index < -0.39 is 24.4 Å². The van der Waals surface area contributed by atoms with Crippen molar-refractivity contribution < 1.29 is 39.5 Å². The smallest absolute Gasteiger partial charge is 0.180 e. The molecule has 0 saturated carbocycles. The highest BCUT2D eigenvalue weighted by atomic mass is 19.4. The second kappa shape index (κ2) is 3.31. The van der Waals surface area contributed by atoms with Crippen LogP contribution in [0.25, 0.3) is 0 Å². The van der Waals surface area contributed by atoms with Crippen LogP contribution in [0.4, 0.5) is 39.5 Å². The number of hydrogen-bond acceptors (Lipinski definition) is 1. The highest BCUT2D eigenvalue weighted by Gasteiger charge is 2.59. The summed E-state index contributed by atoms with van der Waals surface area (Å²) in [6.45, 7) is 0. The summed E-state index contributed by atoms with van der Waals surface area (Å²) in [7, 11) is 0. The van der Waals surface area contributed by atoms with Gasteiger partial charge >= 0.3 is 18.4 Å². The summed E-state index contributed by atoms with van der Waals surface area (Å²) in [5, 5.41) is 0. The predicted molar refractivity (Wildman–Crippen MR) is 25.6 cm³/mol. The van der Waals surface area contributed by atoms with Gasteiger partial charge in [0.15, 0.2) is 0 Å². The van der Waals surface area contributed by atoms with Crippen LogP contribution in [0.3, 0.4) is 0 Å². The Labute approximate surface area is 70.2 Å². The molecule has 0 aliphatic heterocycles. The zero-order valence-corrected chi connectivity index (χ0v) is 5.85. The number of halogens is 9. The predicted octanol–water partition coefficient (Wildman–Crippen LogP) is 3.07. The minimum Gasteiger partial charge on any atom is -0.180 e. The Morgan fingerprint density at radius 2 is 1.14 bits per heavy atom. The summed E-state index contributed by atoms with van der Waals surface area (Å²) in [5.41, 5.74) is 0. The molecule has 0 aliphatic carbocycles. The average Bonchev–Trinajstić information content (AvgIpc) is 1.80. The van der Waals surface area contributed by atoms with Crippen molar-refractivity contribution in [3.05, 3.63) is 0 Å². The van der Waals surface area contributed by atoms with Gasteiger partial charge in [0, 0.05) is 0 Å². The molecule has 0 radical (unpaired) electrons. The summed E-state index contributed by atoms with van der Waals surface area (Å²) in [5.74, 6) is -3.74. The van der Waals surface area contributed by atoms with E-state index in [2.05, 4.69) is 0 Å². The van der Waals surface area contributed by atoms with Gasteiger partial charge in [-0.1, -0.05) is 0 Å². The summed E-state index contributed by atoms with van der Waals surface area (Å²) in [6.07, 6.45) is -12.3. The Bertz CT molecular complexity index is 232. The van der Waals surface area contributed by atoms with E-state index in [1.54, 1.807) is 0 Å². The van der Waals surface area contributed by atoms with Crippen LogP contribution < -0.4 is 0 Å². The molecule has 0 fully saturated rings. The van der Waals surface area contributed by atoms with Gasteiger partial charge in [-0.25, -0.2) is 0 Å². The van der Waals surface area contributed by atoms with Crippen molar-refractivity contribution in [1.29, 1.82) is 0 Å². The molecule has 0 aromatic carbocycles. The van der Waals surface area contributed by atoms with Crippen LogP contribution >= 0.6 is 0 Å². The first-order valence-electron chi connectivity index (χ1n) is 2.65. The van der Waals surface area contributed by atoms with Crippen molar-refractivity contribution in [2.45, 2.75) is 18.4 Å². The number of rotatable bonds is 1. The maximum absolute atomic E-state index is 11.7. The topological polar surface area (TPSA) is 12.4 Å². The van der Waals surface area contributed by atoms with E-state index in [0.29, 0.717) is 4.99 Å². The van der Waals surface area contributed by atoms with Crippen LogP contribution in [0.15, 0.2) is 4.99 Å². The minimum atomic E-state index is -6.37. The normalized spacial score (nSPS) is 15.9. The minimum absolute atomic E-state index is 0.618. The van der Waals surface area contributed by atoms with E-state index in [1.165, 1.54) is 0 Å². The molecule has 0 aromatic rings. The quantitative estimate of drug-likeness (QED) is 0.375. The molecule has 0 bridgehead atoms. The first-order valence-corrected chi connectivity index (χ1v) is 2.65. The maximum Gasteiger partial charge on any atom is 0.477 e. The molecule has 0 heterocycles. The molecule has 10 heteroatoms. The van der Waals surface area contributed by atoms with Gasteiger partial charge in [0.25, 0.3) is 5.97 Å². The maximum atomic E-state index is 11.7. The molecule has 0 N–H and O–H groups in total. The Hall–Kier alpha value is -0.960. The fourth-order valence-corrected chi connectivity index (χ4v) is 0.250. The second-order valence-electron chi connectivity index (χ2n) is 1.94. The summed E-state index contributed by atoms with van der Waals surface area (Å²) in [6, 6.07) is -6.09. The van der Waals surface area contributed by atoms with Gasteiger partial charge in [-0.3, -0.25) is 0 Å². The Morgan fingerprint density at radius 3 is 1.36 bits per heavy atom. The lowest BCUT2D eigenvalue weighted by Gasteiger charge is -2.15. The van der Waals surface area contributed by atoms with Gasteiger partial charge in [0.2, 0.25) is 0 Å². The fraction of sp³-hybridized carbons (Fsp3) is 0.750. The highest BCUT2D eigenvalue weighted by molar-refractivity contribution is 5.80. The number of hydrogen-bond donors (Lipinski definition) is 0. The van der Waals surface area contributed by atoms with Gasteiger partial charge in [0.1, 0.15) is 0 Å². The number of aliphatic imine (C=N–C) groups is 1. The van der Waals surface area contributed by atoms with E-state index in [4.69, 9.17) is 0 Å². The molecule has 0 atom stereocenters. The van der Waals surface area contributed by atoms with Gasteiger partial charge in [0.05, 0.1) is 0 Å². The first kappa shape index (κ1) is 13.0. The molecule has 0 unspecified atom stereocenters. The third-order valence-corrected chi connectivity index (χ3v) is 0.814. The average molecular weight is 233 g/mol. The third kappa shape index (κ3) is 3.07. The van der Waals surface area contributed by atoms with E-state index >= 15 is 0 Å². The zero-order chi connectivity index (χ0) is 11.8. The van der Waals surface area contributed by atoms with Crippen molar-refractivity contribution >= 4 is 5.97 Å². The van der Waals surface area contributed by atoms with E-state index in [-0.39, 0.29) is 0 Å². The lowest BCUT2D eigenvalue weighted by Crippen LogP contribution is -2.36. The van der Waals surface area contributed by atoms with Crippen LogP contribution in [0.2, 0.25) is 0 Å². The van der Waals surface area contributed by atoms with E-state index in [0.717, 1.165) is 0 Å². The molecule has 1 nitrogen and oxygen atoms in total. The molecule has 0 amide bonds. The van der Waals surface area contributed by atoms with Crippen LogP contribution in [-0.4, -0.2) is 24.4 Å². The van der Waals surface area contributed by atoms with Crippen molar-refractivity contribution in [2.24, 2.45) is 4.99 Å². The van der Waals surface area contributed by atoms with Crippen molar-refractivity contribution in [2.75, 3.05) is 0 Å².